The minimum atomic E-state index is -0.441. The van der Waals surface area contributed by atoms with Gasteiger partial charge >= 0.3 is 11.6 Å². The first-order valence-electron chi connectivity index (χ1n) is 8.04. The molecule has 0 radical (unpaired) electrons. The largest absolute Gasteiger partial charge is 0.494 e. The third kappa shape index (κ3) is 4.70. The quantitative estimate of drug-likeness (QED) is 0.295. The van der Waals surface area contributed by atoms with Crippen molar-refractivity contribution in [3.63, 3.8) is 0 Å². The fourth-order valence-corrected chi connectivity index (χ4v) is 2.33. The van der Waals surface area contributed by atoms with Gasteiger partial charge in [0.1, 0.15) is 17.1 Å². The molecule has 0 bridgehead atoms. The van der Waals surface area contributed by atoms with E-state index in [0.717, 1.165) is 11.1 Å². The SMILES string of the molecule is Cc1ccc(OCCCC(=O)Oc2ccc3ccc(=O)oc3c2)cc1. The van der Waals surface area contributed by atoms with Crippen molar-refractivity contribution in [2.75, 3.05) is 6.61 Å². The van der Waals surface area contributed by atoms with Crippen molar-refractivity contribution in [3.05, 3.63) is 70.6 Å². The van der Waals surface area contributed by atoms with Crippen LogP contribution in [0.1, 0.15) is 18.4 Å². The van der Waals surface area contributed by atoms with E-state index in [9.17, 15) is 9.59 Å². The van der Waals surface area contributed by atoms with E-state index in [1.54, 1.807) is 18.2 Å². The second-order valence-corrected chi connectivity index (χ2v) is 5.69. The van der Waals surface area contributed by atoms with Gasteiger partial charge < -0.3 is 13.9 Å². The average Bonchev–Trinajstić information content (AvgIpc) is 2.60. The molecule has 3 aromatic rings. The highest BCUT2D eigenvalue weighted by molar-refractivity contribution is 5.79. The van der Waals surface area contributed by atoms with E-state index in [0.29, 0.717) is 24.4 Å². The lowest BCUT2D eigenvalue weighted by Crippen LogP contribution is -2.10. The van der Waals surface area contributed by atoms with E-state index in [2.05, 4.69) is 0 Å². The molecular weight excluding hydrogens is 320 g/mol. The number of esters is 1. The molecule has 5 heteroatoms. The zero-order valence-corrected chi connectivity index (χ0v) is 13.9. The summed E-state index contributed by atoms with van der Waals surface area (Å²) in [5, 5.41) is 0.769. The van der Waals surface area contributed by atoms with Gasteiger partial charge in [-0.3, -0.25) is 4.79 Å². The zero-order chi connectivity index (χ0) is 17.6. The number of rotatable bonds is 6. The maximum atomic E-state index is 11.9. The molecule has 128 valence electrons. The summed E-state index contributed by atoms with van der Waals surface area (Å²) in [5.41, 5.74) is 1.12. The van der Waals surface area contributed by atoms with Crippen molar-refractivity contribution < 1.29 is 18.7 Å². The van der Waals surface area contributed by atoms with Gasteiger partial charge in [-0.05, 0) is 43.7 Å². The van der Waals surface area contributed by atoms with Crippen LogP contribution in [0, 0.1) is 6.92 Å². The Morgan fingerprint density at radius 3 is 2.52 bits per heavy atom. The van der Waals surface area contributed by atoms with Crippen LogP contribution in [-0.2, 0) is 4.79 Å². The first kappa shape index (κ1) is 16.8. The molecule has 0 fully saturated rings. The van der Waals surface area contributed by atoms with Crippen molar-refractivity contribution in [2.45, 2.75) is 19.8 Å². The number of hydrogen-bond acceptors (Lipinski definition) is 5. The number of benzene rings is 2. The van der Waals surface area contributed by atoms with E-state index in [4.69, 9.17) is 13.9 Å². The highest BCUT2D eigenvalue weighted by Gasteiger charge is 2.07. The molecule has 25 heavy (non-hydrogen) atoms. The molecule has 0 amide bonds. The fourth-order valence-electron chi connectivity index (χ4n) is 2.33. The topological polar surface area (TPSA) is 65.7 Å². The zero-order valence-electron chi connectivity index (χ0n) is 13.9. The molecule has 5 nitrogen and oxygen atoms in total. The van der Waals surface area contributed by atoms with Crippen LogP contribution in [0.5, 0.6) is 11.5 Å². The van der Waals surface area contributed by atoms with Gasteiger partial charge in [0.05, 0.1) is 6.61 Å². The van der Waals surface area contributed by atoms with Gasteiger partial charge in [-0.1, -0.05) is 17.7 Å². The molecule has 0 saturated heterocycles. The summed E-state index contributed by atoms with van der Waals surface area (Å²) < 4.78 is 15.9. The van der Waals surface area contributed by atoms with Gasteiger partial charge in [0.15, 0.2) is 0 Å². The number of carbonyl (C=O) groups excluding carboxylic acids is 1. The van der Waals surface area contributed by atoms with E-state index in [-0.39, 0.29) is 12.4 Å². The number of aryl methyl sites for hydroxylation is 1. The normalized spacial score (nSPS) is 10.6. The molecule has 1 heterocycles. The minimum absolute atomic E-state index is 0.239. The average molecular weight is 338 g/mol. The number of hydrogen-bond donors (Lipinski definition) is 0. The van der Waals surface area contributed by atoms with Crippen LogP contribution in [0.4, 0.5) is 0 Å². The Balaban J connectivity index is 1.49. The number of carbonyl (C=O) groups is 1. The molecular formula is C20H18O5. The third-order valence-corrected chi connectivity index (χ3v) is 3.64. The van der Waals surface area contributed by atoms with Gasteiger partial charge in [-0.2, -0.15) is 0 Å². The molecule has 0 aliphatic heterocycles. The van der Waals surface area contributed by atoms with Crippen LogP contribution in [-0.4, -0.2) is 12.6 Å². The summed E-state index contributed by atoms with van der Waals surface area (Å²) in [7, 11) is 0. The number of fused-ring (bicyclic) bond motifs is 1. The van der Waals surface area contributed by atoms with Crippen molar-refractivity contribution in [1.29, 1.82) is 0 Å². The Morgan fingerprint density at radius 2 is 1.72 bits per heavy atom. The first-order chi connectivity index (χ1) is 12.1. The van der Waals surface area contributed by atoms with Gasteiger partial charge in [0.25, 0.3) is 0 Å². The van der Waals surface area contributed by atoms with Crippen LogP contribution in [0.25, 0.3) is 11.0 Å². The minimum Gasteiger partial charge on any atom is -0.494 e. The third-order valence-electron chi connectivity index (χ3n) is 3.64. The summed E-state index contributed by atoms with van der Waals surface area (Å²) >= 11 is 0. The Kier molecular flexibility index (Phi) is 5.14. The second-order valence-electron chi connectivity index (χ2n) is 5.69. The van der Waals surface area contributed by atoms with Crippen molar-refractivity contribution in [1.82, 2.24) is 0 Å². The Morgan fingerprint density at radius 1 is 1.00 bits per heavy atom. The molecule has 0 unspecified atom stereocenters. The molecule has 2 aromatic carbocycles. The highest BCUT2D eigenvalue weighted by Crippen LogP contribution is 2.20. The fraction of sp³-hybridized carbons (Fsp3) is 0.200. The first-order valence-corrected chi connectivity index (χ1v) is 8.04. The summed E-state index contributed by atoms with van der Waals surface area (Å²) in [4.78, 5) is 23.1. The Bertz CT molecular complexity index is 925. The second kappa shape index (κ2) is 7.66. The maximum absolute atomic E-state index is 11.9. The van der Waals surface area contributed by atoms with Crippen LogP contribution < -0.4 is 15.1 Å². The van der Waals surface area contributed by atoms with E-state index in [1.807, 2.05) is 31.2 Å². The predicted molar refractivity (Wildman–Crippen MR) is 94.0 cm³/mol. The van der Waals surface area contributed by atoms with E-state index >= 15 is 0 Å². The van der Waals surface area contributed by atoms with Gasteiger partial charge in [-0.15, -0.1) is 0 Å². The van der Waals surface area contributed by atoms with Gasteiger partial charge in [0, 0.05) is 23.9 Å². The van der Waals surface area contributed by atoms with Crippen LogP contribution in [0.15, 0.2) is 63.8 Å². The summed E-state index contributed by atoms with van der Waals surface area (Å²) in [6, 6.07) is 15.7. The van der Waals surface area contributed by atoms with Crippen molar-refractivity contribution >= 4 is 16.9 Å². The smallest absolute Gasteiger partial charge is 0.336 e. The Hall–Kier alpha value is -3.08. The van der Waals surface area contributed by atoms with E-state index in [1.165, 1.54) is 17.7 Å². The molecule has 1 aromatic heterocycles. The molecule has 0 spiro atoms. The molecule has 0 aliphatic carbocycles. The van der Waals surface area contributed by atoms with E-state index < -0.39 is 5.63 Å². The molecule has 0 aliphatic rings. The van der Waals surface area contributed by atoms with Crippen molar-refractivity contribution in [2.24, 2.45) is 0 Å². The highest BCUT2D eigenvalue weighted by atomic mass is 16.5. The van der Waals surface area contributed by atoms with Crippen LogP contribution in [0.3, 0.4) is 0 Å². The van der Waals surface area contributed by atoms with Crippen LogP contribution in [0.2, 0.25) is 0 Å². The lowest BCUT2D eigenvalue weighted by atomic mass is 10.2. The monoisotopic (exact) mass is 338 g/mol. The van der Waals surface area contributed by atoms with Gasteiger partial charge in [0.2, 0.25) is 0 Å². The standard InChI is InChI=1S/C20H18O5/c1-14-4-8-16(9-5-14)23-12-2-3-19(21)24-17-10-6-15-7-11-20(22)25-18(15)13-17/h4-11,13H,2-3,12H2,1H3. The molecule has 0 saturated carbocycles. The summed E-state index contributed by atoms with van der Waals surface area (Å²) in [5.74, 6) is 0.778. The molecule has 0 N–H and O–H groups in total. The van der Waals surface area contributed by atoms with Gasteiger partial charge in [-0.25, -0.2) is 4.79 Å². The van der Waals surface area contributed by atoms with Crippen molar-refractivity contribution in [3.8, 4) is 11.5 Å². The number of ether oxygens (including phenoxy) is 2. The Labute approximate surface area is 144 Å². The summed E-state index contributed by atoms with van der Waals surface area (Å²) in [6.07, 6.45) is 0.790. The molecule has 0 atom stereocenters. The van der Waals surface area contributed by atoms with Crippen LogP contribution >= 0.6 is 0 Å². The summed E-state index contributed by atoms with van der Waals surface area (Å²) in [6.45, 7) is 2.45. The lowest BCUT2D eigenvalue weighted by molar-refractivity contribution is -0.134. The molecule has 3 rings (SSSR count). The predicted octanol–water partition coefficient (Wildman–Crippen LogP) is 3.87. The lowest BCUT2D eigenvalue weighted by Gasteiger charge is -2.07. The maximum Gasteiger partial charge on any atom is 0.336 e.